The Morgan fingerprint density at radius 1 is 1.00 bits per heavy atom. The molecule has 0 aliphatic heterocycles. The Kier molecular flexibility index (Phi) is 4.69. The quantitative estimate of drug-likeness (QED) is 0.876. The highest BCUT2D eigenvalue weighted by molar-refractivity contribution is 5.28. The normalized spacial score (nSPS) is 14.1. The number of hydrogen-bond donors (Lipinski definition) is 1. The molecule has 0 bridgehead atoms. The van der Waals surface area contributed by atoms with Gasteiger partial charge in [0, 0.05) is 24.4 Å². The first-order valence-corrected chi connectivity index (χ1v) is 6.92. The SMILES string of the molecule is CCNC(c1ccc(C)cc1)C(C)c1ccncc1. The minimum Gasteiger partial charge on any atom is -0.310 e. The van der Waals surface area contributed by atoms with Crippen molar-refractivity contribution in [3.63, 3.8) is 0 Å². The lowest BCUT2D eigenvalue weighted by Crippen LogP contribution is -2.25. The van der Waals surface area contributed by atoms with Gasteiger partial charge in [0.05, 0.1) is 0 Å². The van der Waals surface area contributed by atoms with Gasteiger partial charge in [-0.1, -0.05) is 43.7 Å². The van der Waals surface area contributed by atoms with Crippen molar-refractivity contribution in [2.45, 2.75) is 32.7 Å². The smallest absolute Gasteiger partial charge is 0.0386 e. The molecule has 0 aliphatic rings. The predicted molar refractivity (Wildman–Crippen MR) is 80.2 cm³/mol. The number of aryl methyl sites for hydroxylation is 1. The summed E-state index contributed by atoms with van der Waals surface area (Å²) in [5, 5.41) is 3.60. The molecule has 2 unspecified atom stereocenters. The second-order valence-electron chi connectivity index (χ2n) is 5.02. The van der Waals surface area contributed by atoms with E-state index >= 15 is 0 Å². The van der Waals surface area contributed by atoms with Crippen LogP contribution in [0.3, 0.4) is 0 Å². The van der Waals surface area contributed by atoms with E-state index in [1.165, 1.54) is 16.7 Å². The summed E-state index contributed by atoms with van der Waals surface area (Å²) in [5.74, 6) is 0.422. The van der Waals surface area contributed by atoms with Gasteiger partial charge in [-0.15, -0.1) is 0 Å². The van der Waals surface area contributed by atoms with Crippen molar-refractivity contribution in [1.82, 2.24) is 10.3 Å². The summed E-state index contributed by atoms with van der Waals surface area (Å²) >= 11 is 0. The second kappa shape index (κ2) is 6.48. The molecule has 1 aromatic carbocycles. The lowest BCUT2D eigenvalue weighted by Gasteiger charge is -2.25. The summed E-state index contributed by atoms with van der Waals surface area (Å²) in [4.78, 5) is 4.10. The average molecular weight is 254 g/mol. The molecule has 0 spiro atoms. The molecular formula is C17H22N2. The zero-order valence-electron chi connectivity index (χ0n) is 11.9. The van der Waals surface area contributed by atoms with Crippen LogP contribution in [0.5, 0.6) is 0 Å². The Balaban J connectivity index is 2.27. The van der Waals surface area contributed by atoms with Crippen molar-refractivity contribution in [2.24, 2.45) is 0 Å². The van der Waals surface area contributed by atoms with E-state index in [-0.39, 0.29) is 0 Å². The first-order valence-electron chi connectivity index (χ1n) is 6.92. The van der Waals surface area contributed by atoms with Gasteiger partial charge in [-0.3, -0.25) is 4.98 Å². The van der Waals surface area contributed by atoms with E-state index < -0.39 is 0 Å². The Morgan fingerprint density at radius 2 is 1.63 bits per heavy atom. The van der Waals surface area contributed by atoms with E-state index in [0.717, 1.165) is 6.54 Å². The third kappa shape index (κ3) is 3.42. The number of aromatic nitrogens is 1. The minimum atomic E-state index is 0.341. The topological polar surface area (TPSA) is 24.9 Å². The van der Waals surface area contributed by atoms with Crippen molar-refractivity contribution < 1.29 is 0 Å². The van der Waals surface area contributed by atoms with E-state index in [2.05, 4.69) is 67.5 Å². The van der Waals surface area contributed by atoms with Gasteiger partial charge < -0.3 is 5.32 Å². The van der Waals surface area contributed by atoms with Crippen LogP contribution < -0.4 is 5.32 Å². The third-order valence-electron chi connectivity index (χ3n) is 3.59. The number of rotatable bonds is 5. The molecule has 0 radical (unpaired) electrons. The molecule has 1 N–H and O–H groups in total. The van der Waals surface area contributed by atoms with Gasteiger partial charge >= 0.3 is 0 Å². The van der Waals surface area contributed by atoms with Crippen LogP contribution in [0.25, 0.3) is 0 Å². The maximum atomic E-state index is 4.10. The summed E-state index contributed by atoms with van der Waals surface area (Å²) in [6.07, 6.45) is 3.73. The van der Waals surface area contributed by atoms with Gasteiger partial charge in [-0.25, -0.2) is 0 Å². The highest BCUT2D eigenvalue weighted by atomic mass is 14.9. The summed E-state index contributed by atoms with van der Waals surface area (Å²) in [6, 6.07) is 13.3. The molecule has 100 valence electrons. The van der Waals surface area contributed by atoms with E-state index in [1.54, 1.807) is 0 Å². The molecule has 19 heavy (non-hydrogen) atoms. The lowest BCUT2D eigenvalue weighted by molar-refractivity contribution is 0.479. The molecular weight excluding hydrogens is 232 g/mol. The maximum Gasteiger partial charge on any atom is 0.0386 e. The number of pyridine rings is 1. The molecule has 0 fully saturated rings. The molecule has 2 aromatic rings. The zero-order chi connectivity index (χ0) is 13.7. The maximum absolute atomic E-state index is 4.10. The molecule has 0 amide bonds. The molecule has 1 aromatic heterocycles. The Bertz CT molecular complexity index is 490. The highest BCUT2D eigenvalue weighted by Crippen LogP contribution is 2.30. The largest absolute Gasteiger partial charge is 0.310 e. The van der Waals surface area contributed by atoms with Gasteiger partial charge in [-0.05, 0) is 36.7 Å². The Morgan fingerprint density at radius 3 is 2.21 bits per heavy atom. The highest BCUT2D eigenvalue weighted by Gasteiger charge is 2.19. The first-order chi connectivity index (χ1) is 9.22. The van der Waals surface area contributed by atoms with E-state index in [0.29, 0.717) is 12.0 Å². The number of benzene rings is 1. The summed E-state index contributed by atoms with van der Waals surface area (Å²) in [7, 11) is 0. The molecule has 0 saturated carbocycles. The summed E-state index contributed by atoms with van der Waals surface area (Å²) < 4.78 is 0. The standard InChI is InChI=1S/C17H22N2/c1-4-19-17(16-7-5-13(2)6-8-16)14(3)15-9-11-18-12-10-15/h5-12,14,17,19H,4H2,1-3H3. The van der Waals surface area contributed by atoms with Crippen LogP contribution in [0.1, 0.15) is 42.5 Å². The number of nitrogens with zero attached hydrogens (tertiary/aromatic N) is 1. The fourth-order valence-corrected chi connectivity index (χ4v) is 2.44. The molecule has 2 atom stereocenters. The van der Waals surface area contributed by atoms with Crippen LogP contribution in [0.15, 0.2) is 48.8 Å². The summed E-state index contributed by atoms with van der Waals surface area (Å²) in [6.45, 7) is 7.51. The molecule has 2 heteroatoms. The van der Waals surface area contributed by atoms with Crippen LogP contribution in [0, 0.1) is 6.92 Å². The number of hydrogen-bond acceptors (Lipinski definition) is 2. The lowest BCUT2D eigenvalue weighted by atomic mass is 9.88. The average Bonchev–Trinajstić information content (AvgIpc) is 2.46. The van der Waals surface area contributed by atoms with Crippen molar-refractivity contribution >= 4 is 0 Å². The fraction of sp³-hybridized carbons (Fsp3) is 0.353. The van der Waals surface area contributed by atoms with E-state index in [1.807, 2.05) is 12.4 Å². The molecule has 2 nitrogen and oxygen atoms in total. The fourth-order valence-electron chi connectivity index (χ4n) is 2.44. The molecule has 2 rings (SSSR count). The van der Waals surface area contributed by atoms with Crippen molar-refractivity contribution in [1.29, 1.82) is 0 Å². The van der Waals surface area contributed by atoms with Crippen LogP contribution in [0.2, 0.25) is 0 Å². The van der Waals surface area contributed by atoms with Crippen molar-refractivity contribution in [2.75, 3.05) is 6.54 Å². The van der Waals surface area contributed by atoms with Crippen molar-refractivity contribution in [3.05, 3.63) is 65.5 Å². The van der Waals surface area contributed by atoms with Crippen LogP contribution in [0.4, 0.5) is 0 Å². The predicted octanol–water partition coefficient (Wildman–Crippen LogP) is 3.84. The molecule has 0 aliphatic carbocycles. The van der Waals surface area contributed by atoms with Crippen LogP contribution in [-0.2, 0) is 0 Å². The number of nitrogens with one attached hydrogen (secondary N) is 1. The van der Waals surface area contributed by atoms with Gasteiger partial charge in [0.25, 0.3) is 0 Å². The number of likely N-dealkylation sites (N-methyl/N-ethyl adjacent to an activating group) is 1. The van der Waals surface area contributed by atoms with Gasteiger partial charge in [0.15, 0.2) is 0 Å². The van der Waals surface area contributed by atoms with Gasteiger partial charge in [0.1, 0.15) is 0 Å². The minimum absolute atomic E-state index is 0.341. The zero-order valence-corrected chi connectivity index (χ0v) is 11.9. The van der Waals surface area contributed by atoms with Gasteiger partial charge in [0.2, 0.25) is 0 Å². The van der Waals surface area contributed by atoms with Gasteiger partial charge in [-0.2, -0.15) is 0 Å². The Labute approximate surface area is 115 Å². The molecule has 0 saturated heterocycles. The van der Waals surface area contributed by atoms with Crippen LogP contribution >= 0.6 is 0 Å². The van der Waals surface area contributed by atoms with E-state index in [4.69, 9.17) is 0 Å². The third-order valence-corrected chi connectivity index (χ3v) is 3.59. The molecule has 1 heterocycles. The summed E-state index contributed by atoms with van der Waals surface area (Å²) in [5.41, 5.74) is 3.97. The van der Waals surface area contributed by atoms with E-state index in [9.17, 15) is 0 Å². The van der Waals surface area contributed by atoms with Crippen LogP contribution in [-0.4, -0.2) is 11.5 Å². The Hall–Kier alpha value is -1.67. The first kappa shape index (κ1) is 13.8. The monoisotopic (exact) mass is 254 g/mol. The second-order valence-corrected chi connectivity index (χ2v) is 5.02. The van der Waals surface area contributed by atoms with Crippen molar-refractivity contribution in [3.8, 4) is 0 Å².